The van der Waals surface area contributed by atoms with E-state index >= 15 is 0 Å². The first kappa shape index (κ1) is 16.5. The van der Waals surface area contributed by atoms with Crippen LogP contribution in [0.15, 0.2) is 70.1 Å². The minimum absolute atomic E-state index is 0.423. The van der Waals surface area contributed by atoms with Crippen LogP contribution in [0.2, 0.25) is 0 Å². The van der Waals surface area contributed by atoms with Gasteiger partial charge in [0.25, 0.3) is 5.89 Å². The molecule has 1 saturated carbocycles. The summed E-state index contributed by atoms with van der Waals surface area (Å²) in [6, 6.07) is 14.3. The smallest absolute Gasteiger partial charge is 0.278 e. The van der Waals surface area contributed by atoms with Crippen LogP contribution in [0.3, 0.4) is 0 Å². The number of fused-ring (bicyclic) bond motifs is 3. The Bertz CT molecular complexity index is 1130. The molecule has 0 saturated heterocycles. The number of benzene rings is 1. The Kier molecular flexibility index (Phi) is 3.56. The van der Waals surface area contributed by atoms with E-state index in [1.807, 2.05) is 24.4 Å². The minimum atomic E-state index is 0.423. The Labute approximate surface area is 168 Å². The Hall–Kier alpha value is -3.48. The summed E-state index contributed by atoms with van der Waals surface area (Å²) in [7, 11) is 0. The number of hydrogen-bond donors (Lipinski definition) is 0. The molecule has 2 aromatic heterocycles. The average molecular weight is 384 g/mol. The number of para-hydroxylation sites is 2. The van der Waals surface area contributed by atoms with E-state index in [0.717, 1.165) is 40.7 Å². The van der Waals surface area contributed by atoms with Crippen molar-refractivity contribution in [3.63, 3.8) is 0 Å². The third-order valence-corrected chi connectivity index (χ3v) is 5.81. The Balaban J connectivity index is 1.37. The fourth-order valence-electron chi connectivity index (χ4n) is 4.05. The SMILES string of the molecule is CC1CC1c1noc(C2=NCN3C2=CN(Cc2ccccn2)c2ccccc23)n1. The first-order valence-corrected chi connectivity index (χ1v) is 9.91. The largest absolute Gasteiger partial charge is 0.338 e. The summed E-state index contributed by atoms with van der Waals surface area (Å²) in [5, 5.41) is 4.21. The zero-order valence-electron chi connectivity index (χ0n) is 16.1. The van der Waals surface area contributed by atoms with Crippen LogP contribution in [0.4, 0.5) is 11.4 Å². The predicted molar refractivity (Wildman–Crippen MR) is 110 cm³/mol. The van der Waals surface area contributed by atoms with Crippen LogP contribution in [-0.2, 0) is 6.54 Å². The first-order chi connectivity index (χ1) is 14.3. The van der Waals surface area contributed by atoms with Crippen LogP contribution in [0.25, 0.3) is 0 Å². The number of aromatic nitrogens is 3. The number of rotatable bonds is 4. The molecule has 6 rings (SSSR count). The van der Waals surface area contributed by atoms with Gasteiger partial charge in [-0.2, -0.15) is 4.98 Å². The van der Waals surface area contributed by atoms with E-state index in [1.165, 1.54) is 0 Å². The minimum Gasteiger partial charge on any atom is -0.338 e. The number of pyridine rings is 1. The summed E-state index contributed by atoms with van der Waals surface area (Å²) < 4.78 is 5.60. The van der Waals surface area contributed by atoms with E-state index in [2.05, 4.69) is 62.3 Å². The van der Waals surface area contributed by atoms with Crippen LogP contribution >= 0.6 is 0 Å². The molecular formula is C22H20N6O. The Morgan fingerprint density at radius 1 is 1.10 bits per heavy atom. The molecule has 3 aliphatic rings. The summed E-state index contributed by atoms with van der Waals surface area (Å²) >= 11 is 0. The summed E-state index contributed by atoms with van der Waals surface area (Å²) in [6.07, 6.45) is 5.07. The van der Waals surface area contributed by atoms with Gasteiger partial charge in [0, 0.05) is 18.3 Å². The molecule has 0 radical (unpaired) electrons. The van der Waals surface area contributed by atoms with Crippen LogP contribution < -0.4 is 9.80 Å². The van der Waals surface area contributed by atoms with Crippen molar-refractivity contribution in [2.45, 2.75) is 25.8 Å². The number of hydrogen-bond acceptors (Lipinski definition) is 7. The lowest BCUT2D eigenvalue weighted by atomic mass is 10.1. The van der Waals surface area contributed by atoms with E-state index in [-0.39, 0.29) is 0 Å². The van der Waals surface area contributed by atoms with Gasteiger partial charge in [-0.25, -0.2) is 0 Å². The molecule has 7 nitrogen and oxygen atoms in total. The molecular weight excluding hydrogens is 364 g/mol. The number of nitrogens with zero attached hydrogens (tertiary/aromatic N) is 6. The third-order valence-electron chi connectivity index (χ3n) is 5.81. The lowest BCUT2D eigenvalue weighted by Gasteiger charge is -2.34. The molecule has 1 fully saturated rings. The van der Waals surface area contributed by atoms with Gasteiger partial charge in [-0.15, -0.1) is 0 Å². The van der Waals surface area contributed by atoms with Crippen molar-refractivity contribution >= 4 is 17.1 Å². The lowest BCUT2D eigenvalue weighted by Crippen LogP contribution is -2.31. The monoisotopic (exact) mass is 384 g/mol. The Morgan fingerprint density at radius 2 is 1.93 bits per heavy atom. The van der Waals surface area contributed by atoms with Gasteiger partial charge in [0.2, 0.25) is 0 Å². The highest BCUT2D eigenvalue weighted by molar-refractivity contribution is 6.15. The van der Waals surface area contributed by atoms with Gasteiger partial charge in [-0.05, 0) is 36.6 Å². The van der Waals surface area contributed by atoms with E-state index in [9.17, 15) is 0 Å². The molecule has 1 aromatic carbocycles. The summed E-state index contributed by atoms with van der Waals surface area (Å²) in [5.41, 5.74) is 5.01. The van der Waals surface area contributed by atoms with Gasteiger partial charge in [0.1, 0.15) is 6.67 Å². The van der Waals surface area contributed by atoms with Gasteiger partial charge in [-0.1, -0.05) is 30.3 Å². The highest BCUT2D eigenvalue weighted by atomic mass is 16.5. The summed E-state index contributed by atoms with van der Waals surface area (Å²) in [6.45, 7) is 3.44. The Morgan fingerprint density at radius 3 is 2.72 bits per heavy atom. The summed E-state index contributed by atoms with van der Waals surface area (Å²) in [5.74, 6) is 2.37. The molecule has 7 heteroatoms. The third kappa shape index (κ3) is 2.73. The van der Waals surface area contributed by atoms with Crippen LogP contribution in [-0.4, -0.2) is 27.5 Å². The normalized spacial score (nSPS) is 22.1. The van der Waals surface area contributed by atoms with Crippen molar-refractivity contribution in [2.24, 2.45) is 10.9 Å². The molecule has 0 amide bonds. The number of aliphatic imine (C=N–C) groups is 1. The maximum absolute atomic E-state index is 5.60. The molecule has 0 bridgehead atoms. The van der Waals surface area contributed by atoms with E-state index in [4.69, 9.17) is 9.52 Å². The van der Waals surface area contributed by atoms with Crippen molar-refractivity contribution in [2.75, 3.05) is 16.5 Å². The molecule has 29 heavy (non-hydrogen) atoms. The van der Waals surface area contributed by atoms with Gasteiger partial charge < -0.3 is 14.3 Å². The molecule has 3 aromatic rings. The second-order valence-corrected chi connectivity index (χ2v) is 7.81. The maximum atomic E-state index is 5.60. The van der Waals surface area contributed by atoms with Crippen molar-refractivity contribution in [1.82, 2.24) is 15.1 Å². The zero-order chi connectivity index (χ0) is 19.4. The van der Waals surface area contributed by atoms with Crippen molar-refractivity contribution in [1.29, 1.82) is 0 Å². The molecule has 0 spiro atoms. The highest BCUT2D eigenvalue weighted by Crippen LogP contribution is 2.46. The van der Waals surface area contributed by atoms with E-state index in [0.29, 0.717) is 30.9 Å². The number of allylic oxidation sites excluding steroid dienone is 1. The van der Waals surface area contributed by atoms with Crippen LogP contribution in [0.5, 0.6) is 0 Å². The van der Waals surface area contributed by atoms with Crippen molar-refractivity contribution < 1.29 is 4.52 Å². The van der Waals surface area contributed by atoms with Gasteiger partial charge in [0.15, 0.2) is 11.5 Å². The van der Waals surface area contributed by atoms with Gasteiger partial charge in [0.05, 0.1) is 29.3 Å². The molecule has 4 heterocycles. The lowest BCUT2D eigenvalue weighted by molar-refractivity contribution is 0.403. The van der Waals surface area contributed by atoms with Crippen molar-refractivity contribution in [3.8, 4) is 0 Å². The van der Waals surface area contributed by atoms with E-state index < -0.39 is 0 Å². The quantitative estimate of drug-likeness (QED) is 0.683. The van der Waals surface area contributed by atoms with Crippen LogP contribution in [0.1, 0.15) is 36.7 Å². The zero-order valence-corrected chi connectivity index (χ0v) is 16.1. The van der Waals surface area contributed by atoms with Crippen molar-refractivity contribution in [3.05, 3.63) is 78.0 Å². The maximum Gasteiger partial charge on any atom is 0.278 e. The topological polar surface area (TPSA) is 70.7 Å². The molecule has 2 unspecified atom stereocenters. The second-order valence-electron chi connectivity index (χ2n) is 7.81. The van der Waals surface area contributed by atoms with E-state index in [1.54, 1.807) is 0 Å². The molecule has 1 aliphatic carbocycles. The predicted octanol–water partition coefficient (Wildman–Crippen LogP) is 3.72. The molecule has 0 N–H and O–H groups in total. The van der Waals surface area contributed by atoms with Gasteiger partial charge in [-0.3, -0.25) is 9.98 Å². The molecule has 2 atom stereocenters. The fraction of sp³-hybridized carbons (Fsp3) is 0.273. The molecule has 2 aliphatic heterocycles. The van der Waals surface area contributed by atoms with Crippen LogP contribution in [0, 0.1) is 5.92 Å². The highest BCUT2D eigenvalue weighted by Gasteiger charge is 2.40. The average Bonchev–Trinajstić information content (AvgIpc) is 3.15. The fourth-order valence-corrected chi connectivity index (χ4v) is 4.05. The standard InChI is InChI=1S/C22H20N6O/c1-14-10-16(14)21-25-22(29-26-21)20-19-12-27(11-15-6-4-5-9-23-15)17-7-2-3-8-18(17)28(19)13-24-20/h2-9,12,14,16H,10-11,13H2,1H3. The molecule has 144 valence electrons. The first-order valence-electron chi connectivity index (χ1n) is 9.91. The second kappa shape index (κ2) is 6.27. The van der Waals surface area contributed by atoms with Gasteiger partial charge >= 0.3 is 0 Å². The number of anilines is 2. The summed E-state index contributed by atoms with van der Waals surface area (Å²) in [4.78, 5) is 18.3.